The van der Waals surface area contributed by atoms with E-state index >= 15 is 0 Å². The van der Waals surface area contributed by atoms with Crippen LogP contribution in [0.5, 0.6) is 0 Å². The van der Waals surface area contributed by atoms with Gasteiger partial charge in [-0.1, -0.05) is 28.1 Å². The van der Waals surface area contributed by atoms with Gasteiger partial charge in [0.15, 0.2) is 0 Å². The standard InChI is InChI=1S/C13H16BrNO2/c1-8(10-3-2-4-11(14)7-10)15-12(13(16)17)9-5-6-9/h2-4,7-9,12,15H,5-6H2,1H3,(H,16,17). The highest BCUT2D eigenvalue weighted by atomic mass is 79.9. The van der Waals surface area contributed by atoms with E-state index in [2.05, 4.69) is 21.2 Å². The number of halogens is 1. The second kappa shape index (κ2) is 5.19. The summed E-state index contributed by atoms with van der Waals surface area (Å²) in [5, 5.41) is 12.4. The molecule has 0 radical (unpaired) electrons. The monoisotopic (exact) mass is 297 g/mol. The smallest absolute Gasteiger partial charge is 0.320 e. The van der Waals surface area contributed by atoms with Crippen molar-refractivity contribution in [1.82, 2.24) is 5.32 Å². The van der Waals surface area contributed by atoms with Crippen LogP contribution in [0.1, 0.15) is 31.4 Å². The van der Waals surface area contributed by atoms with Crippen molar-refractivity contribution in [2.75, 3.05) is 0 Å². The van der Waals surface area contributed by atoms with Gasteiger partial charge in [-0.05, 0) is 43.4 Å². The maximum absolute atomic E-state index is 11.1. The SMILES string of the molecule is CC(NC(C(=O)O)C1CC1)c1cccc(Br)c1. The van der Waals surface area contributed by atoms with E-state index in [1.165, 1.54) is 0 Å². The molecule has 0 bridgehead atoms. The number of carboxylic acid groups (broad SMARTS) is 1. The number of hydrogen-bond acceptors (Lipinski definition) is 2. The molecule has 17 heavy (non-hydrogen) atoms. The first-order chi connectivity index (χ1) is 8.08. The Hall–Kier alpha value is -0.870. The van der Waals surface area contributed by atoms with E-state index in [1.54, 1.807) is 0 Å². The first-order valence-electron chi connectivity index (χ1n) is 5.82. The number of hydrogen-bond donors (Lipinski definition) is 2. The Labute approximate surface area is 109 Å². The van der Waals surface area contributed by atoms with Crippen molar-refractivity contribution >= 4 is 21.9 Å². The van der Waals surface area contributed by atoms with Crippen LogP contribution in [0.2, 0.25) is 0 Å². The van der Waals surface area contributed by atoms with Gasteiger partial charge < -0.3 is 5.11 Å². The van der Waals surface area contributed by atoms with Gasteiger partial charge in [0.25, 0.3) is 0 Å². The molecule has 2 N–H and O–H groups in total. The van der Waals surface area contributed by atoms with Gasteiger partial charge >= 0.3 is 5.97 Å². The normalized spacial score (nSPS) is 18.7. The molecule has 1 fully saturated rings. The molecular formula is C13H16BrNO2. The van der Waals surface area contributed by atoms with Crippen LogP contribution in [0.3, 0.4) is 0 Å². The molecule has 0 amide bonds. The van der Waals surface area contributed by atoms with Gasteiger partial charge in [0.05, 0.1) is 0 Å². The van der Waals surface area contributed by atoms with Crippen LogP contribution in [-0.2, 0) is 4.79 Å². The second-order valence-electron chi connectivity index (χ2n) is 4.60. The molecule has 0 spiro atoms. The van der Waals surface area contributed by atoms with E-state index in [1.807, 2.05) is 31.2 Å². The number of rotatable bonds is 5. The van der Waals surface area contributed by atoms with Gasteiger partial charge in [0, 0.05) is 10.5 Å². The zero-order chi connectivity index (χ0) is 12.4. The fourth-order valence-electron chi connectivity index (χ4n) is 1.98. The highest BCUT2D eigenvalue weighted by molar-refractivity contribution is 9.10. The Morgan fingerprint density at radius 1 is 1.53 bits per heavy atom. The number of nitrogens with one attached hydrogen (secondary N) is 1. The first-order valence-corrected chi connectivity index (χ1v) is 6.61. The zero-order valence-corrected chi connectivity index (χ0v) is 11.3. The zero-order valence-electron chi connectivity index (χ0n) is 9.69. The van der Waals surface area contributed by atoms with Crippen molar-refractivity contribution in [2.24, 2.45) is 5.92 Å². The molecule has 1 aliphatic rings. The fourth-order valence-corrected chi connectivity index (χ4v) is 2.40. The predicted octanol–water partition coefficient (Wildman–Crippen LogP) is 2.96. The van der Waals surface area contributed by atoms with Crippen molar-refractivity contribution < 1.29 is 9.90 Å². The Morgan fingerprint density at radius 3 is 2.76 bits per heavy atom. The third-order valence-electron chi connectivity index (χ3n) is 3.14. The largest absolute Gasteiger partial charge is 0.480 e. The summed E-state index contributed by atoms with van der Waals surface area (Å²) in [6.07, 6.45) is 2.05. The summed E-state index contributed by atoms with van der Waals surface area (Å²) in [4.78, 5) is 11.1. The average Bonchev–Trinajstić information content (AvgIpc) is 3.09. The Bertz CT molecular complexity index is 418. The summed E-state index contributed by atoms with van der Waals surface area (Å²) in [6.45, 7) is 2.00. The number of aliphatic carboxylic acids is 1. The molecule has 92 valence electrons. The lowest BCUT2D eigenvalue weighted by molar-refractivity contribution is -0.140. The maximum Gasteiger partial charge on any atom is 0.320 e. The van der Waals surface area contributed by atoms with Crippen LogP contribution in [0.25, 0.3) is 0 Å². The summed E-state index contributed by atoms with van der Waals surface area (Å²) >= 11 is 3.42. The van der Waals surface area contributed by atoms with Crippen molar-refractivity contribution in [1.29, 1.82) is 0 Å². The van der Waals surface area contributed by atoms with Crippen LogP contribution >= 0.6 is 15.9 Å². The van der Waals surface area contributed by atoms with E-state index < -0.39 is 12.0 Å². The van der Waals surface area contributed by atoms with E-state index in [4.69, 9.17) is 5.11 Å². The van der Waals surface area contributed by atoms with Crippen LogP contribution < -0.4 is 5.32 Å². The molecule has 0 aromatic heterocycles. The maximum atomic E-state index is 11.1. The lowest BCUT2D eigenvalue weighted by Gasteiger charge is -2.20. The molecule has 0 saturated heterocycles. The van der Waals surface area contributed by atoms with Gasteiger partial charge in [-0.15, -0.1) is 0 Å². The van der Waals surface area contributed by atoms with Crippen LogP contribution in [0.15, 0.2) is 28.7 Å². The third kappa shape index (κ3) is 3.30. The van der Waals surface area contributed by atoms with Crippen LogP contribution in [0.4, 0.5) is 0 Å². The molecule has 1 saturated carbocycles. The fraction of sp³-hybridized carbons (Fsp3) is 0.462. The van der Waals surface area contributed by atoms with E-state index in [-0.39, 0.29) is 6.04 Å². The van der Waals surface area contributed by atoms with E-state index in [0.29, 0.717) is 5.92 Å². The topological polar surface area (TPSA) is 49.3 Å². The number of benzene rings is 1. The molecule has 2 rings (SSSR count). The molecule has 0 aliphatic heterocycles. The molecule has 2 unspecified atom stereocenters. The minimum Gasteiger partial charge on any atom is -0.480 e. The Kier molecular flexibility index (Phi) is 3.84. The summed E-state index contributed by atoms with van der Waals surface area (Å²) in [5.74, 6) is -0.434. The third-order valence-corrected chi connectivity index (χ3v) is 3.63. The lowest BCUT2D eigenvalue weighted by atomic mass is 10.1. The van der Waals surface area contributed by atoms with Crippen LogP contribution in [-0.4, -0.2) is 17.1 Å². The highest BCUT2D eigenvalue weighted by Crippen LogP contribution is 2.34. The number of carboxylic acids is 1. The van der Waals surface area contributed by atoms with Gasteiger partial charge in [-0.25, -0.2) is 0 Å². The van der Waals surface area contributed by atoms with Gasteiger partial charge in [-0.3, -0.25) is 10.1 Å². The Balaban J connectivity index is 2.04. The highest BCUT2D eigenvalue weighted by Gasteiger charge is 2.36. The molecule has 1 aromatic carbocycles. The summed E-state index contributed by atoms with van der Waals surface area (Å²) in [6, 6.07) is 7.59. The molecular weight excluding hydrogens is 282 g/mol. The molecule has 4 heteroatoms. The summed E-state index contributed by atoms with van der Waals surface area (Å²) in [5.41, 5.74) is 1.10. The average molecular weight is 298 g/mol. The van der Waals surface area contributed by atoms with Crippen molar-refractivity contribution in [3.63, 3.8) is 0 Å². The minimum atomic E-state index is -0.741. The van der Waals surface area contributed by atoms with Crippen molar-refractivity contribution in [3.8, 4) is 0 Å². The van der Waals surface area contributed by atoms with Gasteiger partial charge in [0.1, 0.15) is 6.04 Å². The van der Waals surface area contributed by atoms with Crippen LogP contribution in [0, 0.1) is 5.92 Å². The molecule has 3 nitrogen and oxygen atoms in total. The van der Waals surface area contributed by atoms with E-state index in [9.17, 15) is 4.79 Å². The summed E-state index contributed by atoms with van der Waals surface area (Å²) in [7, 11) is 0. The van der Waals surface area contributed by atoms with Gasteiger partial charge in [0.2, 0.25) is 0 Å². The Morgan fingerprint density at radius 2 is 2.24 bits per heavy atom. The lowest BCUT2D eigenvalue weighted by Crippen LogP contribution is -2.40. The van der Waals surface area contributed by atoms with Crippen molar-refractivity contribution in [3.05, 3.63) is 34.3 Å². The first kappa shape index (κ1) is 12.6. The minimum absolute atomic E-state index is 0.0502. The quantitative estimate of drug-likeness (QED) is 0.878. The van der Waals surface area contributed by atoms with Crippen molar-refractivity contribution in [2.45, 2.75) is 31.8 Å². The molecule has 0 heterocycles. The van der Waals surface area contributed by atoms with E-state index in [0.717, 1.165) is 22.9 Å². The van der Waals surface area contributed by atoms with Gasteiger partial charge in [-0.2, -0.15) is 0 Å². The predicted molar refractivity (Wildman–Crippen MR) is 69.8 cm³/mol. The summed E-state index contributed by atoms with van der Waals surface area (Å²) < 4.78 is 1.02. The molecule has 2 atom stereocenters. The molecule has 1 aromatic rings. The second-order valence-corrected chi connectivity index (χ2v) is 5.51. The number of carbonyl (C=O) groups is 1. The molecule has 1 aliphatic carbocycles.